The molecule has 1 aliphatic heterocycles. The zero-order valence-electron chi connectivity index (χ0n) is 19.8. The molecule has 7 nitrogen and oxygen atoms in total. The number of ether oxygens (including phenoxy) is 1. The maximum absolute atomic E-state index is 13.6. The topological polar surface area (TPSA) is 87.2 Å². The number of fused-ring (bicyclic) bond motifs is 1. The number of quaternary nitrogens is 1. The van der Waals surface area contributed by atoms with Crippen molar-refractivity contribution in [3.63, 3.8) is 0 Å². The minimum Gasteiger partial charge on any atom is -0.868 e. The molecule has 0 bridgehead atoms. The average molecular weight is 463 g/mol. The van der Waals surface area contributed by atoms with Crippen LogP contribution in [0.4, 0.5) is 0 Å². The highest BCUT2D eigenvalue weighted by atomic mass is 16.5. The van der Waals surface area contributed by atoms with Gasteiger partial charge in [0.1, 0.15) is 0 Å². The first-order valence-corrected chi connectivity index (χ1v) is 11.7. The maximum atomic E-state index is 13.6. The van der Waals surface area contributed by atoms with Crippen LogP contribution in [-0.2, 0) is 4.79 Å². The number of Topliss-reactive ketones (excluding diaryl/α,β-unsaturated/α-hetero) is 1. The van der Waals surface area contributed by atoms with Crippen molar-refractivity contribution in [3.05, 3.63) is 77.3 Å². The van der Waals surface area contributed by atoms with Crippen LogP contribution in [0.2, 0.25) is 0 Å². The summed E-state index contributed by atoms with van der Waals surface area (Å²) in [6.45, 7) is 7.54. The van der Waals surface area contributed by atoms with Crippen LogP contribution in [0.5, 0.6) is 5.75 Å². The molecule has 0 saturated carbocycles. The van der Waals surface area contributed by atoms with Crippen LogP contribution in [0.1, 0.15) is 42.4 Å². The van der Waals surface area contributed by atoms with Gasteiger partial charge in [-0.3, -0.25) is 9.59 Å². The molecular formula is C27H30N2O5. The van der Waals surface area contributed by atoms with Gasteiger partial charge in [-0.15, -0.1) is 0 Å². The molecule has 0 fully saturated rings. The van der Waals surface area contributed by atoms with Crippen LogP contribution >= 0.6 is 0 Å². The number of nitrogens with zero attached hydrogens (tertiary/aromatic N) is 1. The fourth-order valence-corrected chi connectivity index (χ4v) is 4.63. The Labute approximate surface area is 199 Å². The molecule has 1 atom stereocenters. The Morgan fingerprint density at radius 2 is 1.85 bits per heavy atom. The predicted molar refractivity (Wildman–Crippen MR) is 127 cm³/mol. The number of amides is 1. The number of hydrogen-bond donors (Lipinski definition) is 1. The van der Waals surface area contributed by atoms with Gasteiger partial charge >= 0.3 is 0 Å². The van der Waals surface area contributed by atoms with Crippen LogP contribution in [-0.4, -0.2) is 49.9 Å². The van der Waals surface area contributed by atoms with E-state index in [0.29, 0.717) is 23.3 Å². The third-order valence-corrected chi connectivity index (χ3v) is 6.53. The van der Waals surface area contributed by atoms with Crippen molar-refractivity contribution in [1.29, 1.82) is 0 Å². The zero-order chi connectivity index (χ0) is 24.2. The molecule has 1 unspecified atom stereocenters. The molecule has 2 aromatic carbocycles. The molecule has 7 heteroatoms. The van der Waals surface area contributed by atoms with Crippen molar-refractivity contribution in [3.8, 4) is 5.75 Å². The van der Waals surface area contributed by atoms with Crippen molar-refractivity contribution in [1.82, 2.24) is 4.90 Å². The van der Waals surface area contributed by atoms with E-state index in [0.717, 1.165) is 31.6 Å². The largest absolute Gasteiger partial charge is 0.868 e. The molecule has 1 aliphatic rings. The van der Waals surface area contributed by atoms with Crippen molar-refractivity contribution in [2.24, 2.45) is 0 Å². The van der Waals surface area contributed by atoms with E-state index in [1.807, 2.05) is 30.3 Å². The van der Waals surface area contributed by atoms with Crippen molar-refractivity contribution in [2.45, 2.75) is 26.3 Å². The highest BCUT2D eigenvalue weighted by Crippen LogP contribution is 2.39. The predicted octanol–water partition coefficient (Wildman–Crippen LogP) is 2.14. The summed E-state index contributed by atoms with van der Waals surface area (Å²) in [6, 6.07) is 15.4. The second-order valence-corrected chi connectivity index (χ2v) is 8.43. The third kappa shape index (κ3) is 4.31. The molecule has 178 valence electrons. The first-order chi connectivity index (χ1) is 16.5. The van der Waals surface area contributed by atoms with E-state index >= 15 is 0 Å². The van der Waals surface area contributed by atoms with Crippen LogP contribution in [0.15, 0.2) is 70.3 Å². The first-order valence-electron chi connectivity index (χ1n) is 11.7. The average Bonchev–Trinajstić information content (AvgIpc) is 3.41. The number of para-hydroxylation sites is 1. The Kier molecular flexibility index (Phi) is 7.03. The zero-order valence-corrected chi connectivity index (χ0v) is 19.8. The van der Waals surface area contributed by atoms with Crippen molar-refractivity contribution in [2.75, 3.05) is 33.3 Å². The van der Waals surface area contributed by atoms with E-state index in [1.165, 1.54) is 16.9 Å². The first kappa shape index (κ1) is 23.6. The molecule has 0 aliphatic carbocycles. The maximum Gasteiger partial charge on any atom is 0.239 e. The van der Waals surface area contributed by atoms with E-state index in [1.54, 1.807) is 24.3 Å². The molecule has 2 heterocycles. The quantitative estimate of drug-likeness (QED) is 0.467. The summed E-state index contributed by atoms with van der Waals surface area (Å²) in [5.41, 5.74) is 1.10. The Balaban J connectivity index is 1.70. The number of carbonyl (C=O) groups is 2. The number of methoxy groups -OCH3 is 1. The Morgan fingerprint density at radius 1 is 1.12 bits per heavy atom. The van der Waals surface area contributed by atoms with E-state index < -0.39 is 23.5 Å². The van der Waals surface area contributed by atoms with E-state index in [-0.39, 0.29) is 11.3 Å². The van der Waals surface area contributed by atoms with Gasteiger partial charge in [0, 0.05) is 23.9 Å². The van der Waals surface area contributed by atoms with Gasteiger partial charge in [0.05, 0.1) is 32.8 Å². The Morgan fingerprint density at radius 3 is 2.53 bits per heavy atom. The molecule has 0 saturated heterocycles. The lowest BCUT2D eigenvalue weighted by atomic mass is 9.95. The number of ketones is 1. The standard InChI is InChI=1S/C27H30N2O5/c1-4-28(5-2)15-10-16-29-23(18-11-7-6-8-12-18)22(25(31)27(29)32)24(30)21-17-19-13-9-14-20(33-3)26(19)34-21/h6-9,11-14,17,23,31H,4-5,10,15-16H2,1-3H3. The second kappa shape index (κ2) is 10.1. The van der Waals surface area contributed by atoms with Gasteiger partial charge in [0.25, 0.3) is 0 Å². The lowest BCUT2D eigenvalue weighted by Gasteiger charge is -2.28. The monoisotopic (exact) mass is 462 g/mol. The summed E-state index contributed by atoms with van der Waals surface area (Å²) in [5, 5.41) is 13.8. The van der Waals surface area contributed by atoms with Gasteiger partial charge in [-0.1, -0.05) is 42.5 Å². The molecule has 1 N–H and O–H groups in total. The van der Waals surface area contributed by atoms with E-state index in [2.05, 4.69) is 13.8 Å². The number of carbonyl (C=O) groups excluding carboxylic acids is 2. The number of furan rings is 1. The van der Waals surface area contributed by atoms with Crippen molar-refractivity contribution < 1.29 is 28.7 Å². The minimum absolute atomic E-state index is 0.0195. The van der Waals surface area contributed by atoms with Crippen LogP contribution < -0.4 is 14.7 Å². The normalized spacial score (nSPS) is 16.2. The van der Waals surface area contributed by atoms with Gasteiger partial charge in [-0.25, -0.2) is 0 Å². The van der Waals surface area contributed by atoms with Crippen LogP contribution in [0, 0.1) is 0 Å². The van der Waals surface area contributed by atoms with Crippen LogP contribution in [0.3, 0.4) is 0 Å². The number of rotatable bonds is 10. The second-order valence-electron chi connectivity index (χ2n) is 8.43. The van der Waals surface area contributed by atoms with Gasteiger partial charge in [-0.2, -0.15) is 0 Å². The van der Waals surface area contributed by atoms with Crippen molar-refractivity contribution >= 4 is 22.7 Å². The Hall–Kier alpha value is -3.58. The smallest absolute Gasteiger partial charge is 0.239 e. The van der Waals surface area contributed by atoms with E-state index in [4.69, 9.17) is 9.15 Å². The van der Waals surface area contributed by atoms with Gasteiger partial charge < -0.3 is 24.1 Å². The fraction of sp³-hybridized carbons (Fsp3) is 0.333. The highest BCUT2D eigenvalue weighted by molar-refractivity contribution is 6.15. The SMILES string of the molecule is CC[NH+](CC)CCCN1C(=O)C([O-])=C(C(=O)c2cc3cccc(OC)c3o2)C1c1ccccc1. The summed E-state index contributed by atoms with van der Waals surface area (Å²) in [6.07, 6.45) is 0.739. The number of benzene rings is 2. The molecule has 3 aromatic rings. The van der Waals surface area contributed by atoms with Gasteiger partial charge in [-0.05, 0) is 37.3 Å². The van der Waals surface area contributed by atoms with Gasteiger partial charge in [0.15, 0.2) is 17.1 Å². The molecule has 4 rings (SSSR count). The summed E-state index contributed by atoms with van der Waals surface area (Å²) in [4.78, 5) is 29.6. The lowest BCUT2D eigenvalue weighted by Crippen LogP contribution is -3.11. The molecule has 0 spiro atoms. The number of hydrogen-bond acceptors (Lipinski definition) is 5. The minimum atomic E-state index is -0.763. The molecule has 1 aromatic heterocycles. The third-order valence-electron chi connectivity index (χ3n) is 6.53. The summed E-state index contributed by atoms with van der Waals surface area (Å²) in [7, 11) is 1.52. The Bertz CT molecular complexity index is 1210. The summed E-state index contributed by atoms with van der Waals surface area (Å²) in [5.74, 6) is -1.45. The molecule has 0 radical (unpaired) electrons. The van der Waals surface area contributed by atoms with Gasteiger partial charge in [0.2, 0.25) is 11.7 Å². The number of nitrogens with one attached hydrogen (secondary N) is 1. The van der Waals surface area contributed by atoms with E-state index in [9.17, 15) is 14.7 Å². The molecule has 34 heavy (non-hydrogen) atoms. The lowest BCUT2D eigenvalue weighted by molar-refractivity contribution is -0.896. The summed E-state index contributed by atoms with van der Waals surface area (Å²) >= 11 is 0. The summed E-state index contributed by atoms with van der Waals surface area (Å²) < 4.78 is 11.2. The highest BCUT2D eigenvalue weighted by Gasteiger charge is 2.40. The molecular weight excluding hydrogens is 432 g/mol. The fourth-order valence-electron chi connectivity index (χ4n) is 4.63. The molecule has 1 amide bonds. The van der Waals surface area contributed by atoms with Crippen LogP contribution in [0.25, 0.3) is 11.0 Å².